The lowest BCUT2D eigenvalue weighted by atomic mass is 9.88. The lowest BCUT2D eigenvalue weighted by Gasteiger charge is -2.29. The average molecular weight is 362 g/mol. The molecule has 0 spiro atoms. The van der Waals surface area contributed by atoms with Gasteiger partial charge in [0.05, 0.1) is 18.0 Å². The van der Waals surface area contributed by atoms with Crippen LogP contribution in [0.15, 0.2) is 0 Å². The van der Waals surface area contributed by atoms with Gasteiger partial charge in [-0.2, -0.15) is 13.2 Å². The van der Waals surface area contributed by atoms with Gasteiger partial charge in [-0.05, 0) is 12.8 Å². The molecule has 23 heavy (non-hydrogen) atoms. The van der Waals surface area contributed by atoms with Gasteiger partial charge in [0.1, 0.15) is 12.2 Å². The maximum Gasteiger partial charge on any atom is 0.446 e. The normalized spacial score (nSPS) is 37.6. The summed E-state index contributed by atoms with van der Waals surface area (Å²) >= 11 is -1.08. The van der Waals surface area contributed by atoms with Crippen molar-refractivity contribution in [1.82, 2.24) is 0 Å². The summed E-state index contributed by atoms with van der Waals surface area (Å²) < 4.78 is 65.5. The fourth-order valence-corrected chi connectivity index (χ4v) is 3.86. The monoisotopic (exact) mass is 362 g/mol. The molecule has 3 fully saturated rings. The van der Waals surface area contributed by atoms with Crippen molar-refractivity contribution in [2.24, 2.45) is 17.8 Å². The minimum absolute atomic E-state index is 0.227. The molecule has 0 aromatic rings. The molecule has 1 heterocycles. The van der Waals surface area contributed by atoms with Gasteiger partial charge in [0.25, 0.3) is 0 Å². The van der Waals surface area contributed by atoms with Crippen LogP contribution < -0.4 is 0 Å². The molecule has 2 saturated carbocycles. The zero-order valence-corrected chi connectivity index (χ0v) is 11.9. The van der Waals surface area contributed by atoms with Crippen LogP contribution in [0.5, 0.6) is 0 Å². The number of halogens is 4. The molecule has 0 radical (unpaired) electrons. The van der Waals surface area contributed by atoms with Crippen LogP contribution >= 0.6 is 12.0 Å². The first kappa shape index (κ1) is 16.7. The van der Waals surface area contributed by atoms with E-state index in [4.69, 9.17) is 9.99 Å². The third-order valence-electron chi connectivity index (χ3n) is 4.46. The summed E-state index contributed by atoms with van der Waals surface area (Å²) in [5, 5.41) is 6.19. The van der Waals surface area contributed by atoms with E-state index in [1.807, 2.05) is 0 Å². The summed E-state index contributed by atoms with van der Waals surface area (Å²) in [7, 11) is 0. The molecule has 3 aliphatic rings. The summed E-state index contributed by atoms with van der Waals surface area (Å²) in [6.07, 6.45) is -6.88. The second-order valence-electron chi connectivity index (χ2n) is 5.59. The fourth-order valence-electron chi connectivity index (χ4n) is 3.52. The largest absolute Gasteiger partial charge is 0.458 e. The van der Waals surface area contributed by atoms with Crippen LogP contribution in [-0.2, 0) is 28.4 Å². The van der Waals surface area contributed by atoms with Crippen molar-refractivity contribution < 1.29 is 51.3 Å². The maximum atomic E-state index is 14.0. The molecule has 6 atom stereocenters. The van der Waals surface area contributed by atoms with Gasteiger partial charge < -0.3 is 9.47 Å². The van der Waals surface area contributed by atoms with Gasteiger partial charge in [-0.15, -0.1) is 4.33 Å². The molecule has 7 nitrogen and oxygen atoms in total. The van der Waals surface area contributed by atoms with Crippen molar-refractivity contribution in [3.8, 4) is 0 Å². The van der Waals surface area contributed by atoms with E-state index in [0.29, 0.717) is 12.8 Å². The average Bonchev–Trinajstić information content (AvgIpc) is 3.08. The summed E-state index contributed by atoms with van der Waals surface area (Å²) in [5.41, 5.74) is 0. The predicted molar refractivity (Wildman–Crippen MR) is 61.7 cm³/mol. The minimum Gasteiger partial charge on any atom is -0.458 e. The van der Waals surface area contributed by atoms with Gasteiger partial charge in [0.2, 0.25) is 0 Å². The molecule has 2 bridgehead atoms. The van der Waals surface area contributed by atoms with E-state index < -0.39 is 47.4 Å². The van der Waals surface area contributed by atoms with Crippen LogP contribution in [0.1, 0.15) is 12.8 Å². The Bertz CT molecular complexity index is 529. The van der Waals surface area contributed by atoms with Gasteiger partial charge in [0, 0.05) is 11.8 Å². The third kappa shape index (κ3) is 2.47. The number of rotatable bonds is 5. The summed E-state index contributed by atoms with van der Waals surface area (Å²) in [5.74, 6) is -3.66. The molecule has 2 aliphatic carbocycles. The van der Waals surface area contributed by atoms with E-state index >= 15 is 0 Å². The smallest absolute Gasteiger partial charge is 0.446 e. The number of carbonyl (C=O) groups excluding carboxylic acids is 2. The second-order valence-corrected chi connectivity index (χ2v) is 6.46. The first-order valence-corrected chi connectivity index (χ1v) is 7.26. The number of carbonyl (C=O) groups is 2. The molecule has 0 aromatic heterocycles. The third-order valence-corrected chi connectivity index (χ3v) is 5.22. The van der Waals surface area contributed by atoms with Crippen molar-refractivity contribution >= 4 is 24.0 Å². The van der Waals surface area contributed by atoms with E-state index in [1.54, 1.807) is 0 Å². The predicted octanol–water partition coefficient (Wildman–Crippen LogP) is 1.78. The first-order chi connectivity index (χ1) is 10.7. The lowest BCUT2D eigenvalue weighted by Crippen LogP contribution is -2.49. The highest BCUT2D eigenvalue weighted by molar-refractivity contribution is 7.96. The highest BCUT2D eigenvalue weighted by Gasteiger charge is 2.69. The number of alkyl halides is 4. The van der Waals surface area contributed by atoms with E-state index in [1.165, 1.54) is 0 Å². The van der Waals surface area contributed by atoms with Crippen LogP contribution in [0.3, 0.4) is 0 Å². The van der Waals surface area contributed by atoms with Crippen LogP contribution in [-0.4, -0.2) is 40.6 Å². The molecular weight excluding hydrogens is 352 g/mol. The Labute approximate surface area is 130 Å². The van der Waals surface area contributed by atoms with E-state index in [9.17, 15) is 27.2 Å². The topological polar surface area (TPSA) is 91.3 Å². The maximum absolute atomic E-state index is 14.0. The van der Waals surface area contributed by atoms with E-state index in [2.05, 4.69) is 14.1 Å². The Hall–Kier alpha value is -1.11. The van der Waals surface area contributed by atoms with Crippen LogP contribution in [0, 0.1) is 17.8 Å². The Morgan fingerprint density at radius 1 is 1.30 bits per heavy atom. The van der Waals surface area contributed by atoms with Gasteiger partial charge >= 0.3 is 23.1 Å². The minimum atomic E-state index is -5.68. The van der Waals surface area contributed by atoms with Crippen molar-refractivity contribution in [3.05, 3.63) is 0 Å². The molecule has 130 valence electrons. The van der Waals surface area contributed by atoms with Gasteiger partial charge in [-0.3, -0.25) is 4.79 Å². The summed E-state index contributed by atoms with van der Waals surface area (Å²) in [4.78, 5) is 23.2. The highest BCUT2D eigenvalue weighted by Crippen LogP contribution is 2.56. The van der Waals surface area contributed by atoms with Gasteiger partial charge in [-0.1, -0.05) is 5.04 Å². The van der Waals surface area contributed by atoms with Crippen molar-refractivity contribution in [3.63, 3.8) is 0 Å². The fraction of sp³-hybridized carbons (Fsp3) is 0.818. The molecular formula is C11H10F4O7S. The Kier molecular flexibility index (Phi) is 3.98. The van der Waals surface area contributed by atoms with Crippen molar-refractivity contribution in [1.29, 1.82) is 0 Å². The van der Waals surface area contributed by atoms with E-state index in [0.717, 1.165) is 0 Å². The second kappa shape index (κ2) is 5.46. The number of esters is 2. The molecule has 1 aliphatic heterocycles. The SMILES string of the molecule is O=C1OC2C3CC(CC13)C2OC(=O)C(F)(SOOO)C(F)(F)F. The lowest BCUT2D eigenvalue weighted by molar-refractivity contribution is -0.433. The highest BCUT2D eigenvalue weighted by atomic mass is 32.2. The molecule has 1 N–H and O–H groups in total. The zero-order valence-electron chi connectivity index (χ0n) is 11.1. The number of hydrogen-bond donors (Lipinski definition) is 1. The standard InChI is InChI=1S/C11H10F4O7S/c12-10(11(13,14)15,23-22-21-18)9(17)20-6-3-1-4-5(2-3)8(16)19-7(4)6/h3-7,18H,1-2H2. The molecule has 3 rings (SSSR count). The Balaban J connectivity index is 1.74. The van der Waals surface area contributed by atoms with Crippen LogP contribution in [0.2, 0.25) is 0 Å². The Morgan fingerprint density at radius 2 is 2.00 bits per heavy atom. The first-order valence-electron chi connectivity index (χ1n) is 6.52. The molecule has 12 heteroatoms. The summed E-state index contributed by atoms with van der Waals surface area (Å²) in [6.45, 7) is 0. The molecule has 6 unspecified atom stereocenters. The number of ether oxygens (including phenoxy) is 2. The quantitative estimate of drug-likeness (QED) is 0.260. The Morgan fingerprint density at radius 3 is 2.61 bits per heavy atom. The number of fused-ring (bicyclic) bond motifs is 1. The van der Waals surface area contributed by atoms with E-state index in [-0.39, 0.29) is 17.8 Å². The number of hydrogen-bond acceptors (Lipinski definition) is 8. The van der Waals surface area contributed by atoms with Crippen molar-refractivity contribution in [2.75, 3.05) is 0 Å². The molecule has 0 aromatic carbocycles. The van der Waals surface area contributed by atoms with Gasteiger partial charge in [-0.25, -0.2) is 14.4 Å². The van der Waals surface area contributed by atoms with Crippen molar-refractivity contribution in [2.45, 2.75) is 36.2 Å². The zero-order chi connectivity index (χ0) is 17.0. The summed E-state index contributed by atoms with van der Waals surface area (Å²) in [6, 6.07) is 0. The van der Waals surface area contributed by atoms with Crippen LogP contribution in [0.25, 0.3) is 0 Å². The molecule has 0 amide bonds. The van der Waals surface area contributed by atoms with Gasteiger partial charge in [0.15, 0.2) is 0 Å². The molecule has 1 saturated heterocycles. The van der Waals surface area contributed by atoms with Crippen LogP contribution in [0.4, 0.5) is 17.6 Å².